The minimum atomic E-state index is -0.409. The number of hydrogen-bond acceptors (Lipinski definition) is 7. The summed E-state index contributed by atoms with van der Waals surface area (Å²) in [5, 5.41) is 16.0. The first-order valence-corrected chi connectivity index (χ1v) is 8.24. The SMILES string of the molecule is CC(C)CC(NC(=O)NCc1cccnc1)c1nc(-c2ncn[nH]2)no1. The lowest BCUT2D eigenvalue weighted by molar-refractivity contribution is 0.228. The number of amides is 2. The predicted molar refractivity (Wildman–Crippen MR) is 91.5 cm³/mol. The highest BCUT2D eigenvalue weighted by molar-refractivity contribution is 5.74. The van der Waals surface area contributed by atoms with Gasteiger partial charge in [0.1, 0.15) is 12.4 Å². The van der Waals surface area contributed by atoms with Gasteiger partial charge in [-0.25, -0.2) is 9.78 Å². The zero-order valence-corrected chi connectivity index (χ0v) is 14.5. The van der Waals surface area contributed by atoms with Crippen LogP contribution in [0.4, 0.5) is 4.79 Å². The van der Waals surface area contributed by atoms with Crippen LogP contribution in [-0.4, -0.2) is 36.3 Å². The average molecular weight is 356 g/mol. The fourth-order valence-electron chi connectivity index (χ4n) is 2.37. The van der Waals surface area contributed by atoms with Crippen molar-refractivity contribution in [3.63, 3.8) is 0 Å². The molecule has 2 amide bonds. The maximum atomic E-state index is 12.3. The Morgan fingerprint density at radius 3 is 2.96 bits per heavy atom. The monoisotopic (exact) mass is 356 g/mol. The molecule has 10 heteroatoms. The molecule has 3 aromatic heterocycles. The van der Waals surface area contributed by atoms with Gasteiger partial charge in [-0.3, -0.25) is 10.1 Å². The topological polar surface area (TPSA) is 135 Å². The van der Waals surface area contributed by atoms with Crippen LogP contribution in [-0.2, 0) is 6.54 Å². The van der Waals surface area contributed by atoms with Gasteiger partial charge in [0.15, 0.2) is 5.82 Å². The van der Waals surface area contributed by atoms with Crippen molar-refractivity contribution in [3.8, 4) is 11.6 Å². The van der Waals surface area contributed by atoms with Crippen LogP contribution >= 0.6 is 0 Å². The quantitative estimate of drug-likeness (QED) is 0.588. The summed E-state index contributed by atoms with van der Waals surface area (Å²) in [6.45, 7) is 4.48. The molecule has 1 unspecified atom stereocenters. The van der Waals surface area contributed by atoms with Crippen molar-refractivity contribution in [1.82, 2.24) is 40.9 Å². The molecule has 0 bridgehead atoms. The van der Waals surface area contributed by atoms with Crippen LogP contribution in [0.1, 0.15) is 37.8 Å². The molecule has 0 aliphatic rings. The first-order chi connectivity index (χ1) is 12.6. The fourth-order valence-corrected chi connectivity index (χ4v) is 2.37. The van der Waals surface area contributed by atoms with Gasteiger partial charge in [0.05, 0.1) is 0 Å². The van der Waals surface area contributed by atoms with E-state index in [-0.39, 0.29) is 6.03 Å². The molecule has 0 aliphatic carbocycles. The maximum Gasteiger partial charge on any atom is 0.315 e. The van der Waals surface area contributed by atoms with Crippen molar-refractivity contribution in [2.45, 2.75) is 32.9 Å². The molecule has 0 fully saturated rings. The molecular formula is C16H20N8O2. The fraction of sp³-hybridized carbons (Fsp3) is 0.375. The van der Waals surface area contributed by atoms with Crippen LogP contribution in [0.25, 0.3) is 11.6 Å². The van der Waals surface area contributed by atoms with Gasteiger partial charge >= 0.3 is 6.03 Å². The van der Waals surface area contributed by atoms with E-state index in [0.717, 1.165) is 5.56 Å². The molecular weight excluding hydrogens is 336 g/mol. The van der Waals surface area contributed by atoms with Crippen molar-refractivity contribution in [1.29, 1.82) is 0 Å². The standard InChI is InChI=1S/C16H20N8O2/c1-10(2)6-12(15-22-14(24-26-15)13-19-9-20-23-13)21-16(25)18-8-11-4-3-5-17-7-11/h3-5,7,9-10,12H,6,8H2,1-2H3,(H2,18,21,25)(H,19,20,23). The summed E-state index contributed by atoms with van der Waals surface area (Å²) in [7, 11) is 0. The van der Waals surface area contributed by atoms with Gasteiger partial charge in [-0.15, -0.1) is 0 Å². The second-order valence-electron chi connectivity index (χ2n) is 6.16. The van der Waals surface area contributed by atoms with Crippen molar-refractivity contribution in [3.05, 3.63) is 42.3 Å². The van der Waals surface area contributed by atoms with E-state index in [4.69, 9.17) is 4.52 Å². The highest BCUT2D eigenvalue weighted by atomic mass is 16.5. The summed E-state index contributed by atoms with van der Waals surface area (Å²) in [5.41, 5.74) is 0.911. The molecule has 0 saturated heterocycles. The normalized spacial score (nSPS) is 12.1. The van der Waals surface area contributed by atoms with Gasteiger partial charge in [0.2, 0.25) is 11.7 Å². The predicted octanol–water partition coefficient (Wildman–Crippen LogP) is 1.84. The van der Waals surface area contributed by atoms with Crippen LogP contribution < -0.4 is 10.6 Å². The van der Waals surface area contributed by atoms with Crippen LogP contribution in [0.2, 0.25) is 0 Å². The van der Waals surface area contributed by atoms with Crippen LogP contribution in [0.5, 0.6) is 0 Å². The second-order valence-corrected chi connectivity index (χ2v) is 6.16. The van der Waals surface area contributed by atoms with E-state index >= 15 is 0 Å². The van der Waals surface area contributed by atoms with Gasteiger partial charge in [0, 0.05) is 18.9 Å². The first-order valence-electron chi connectivity index (χ1n) is 8.24. The molecule has 3 rings (SSSR count). The van der Waals surface area contributed by atoms with E-state index < -0.39 is 6.04 Å². The summed E-state index contributed by atoms with van der Waals surface area (Å²) in [6, 6.07) is 2.98. The van der Waals surface area contributed by atoms with Crippen LogP contribution in [0, 0.1) is 5.92 Å². The number of pyridine rings is 1. The van der Waals surface area contributed by atoms with Gasteiger partial charge in [0.25, 0.3) is 0 Å². The molecule has 26 heavy (non-hydrogen) atoms. The Morgan fingerprint density at radius 1 is 1.38 bits per heavy atom. The lowest BCUT2D eigenvalue weighted by Gasteiger charge is -2.17. The number of hydrogen-bond donors (Lipinski definition) is 3. The molecule has 0 radical (unpaired) electrons. The second kappa shape index (κ2) is 8.19. The third-order valence-corrected chi connectivity index (χ3v) is 3.55. The zero-order chi connectivity index (χ0) is 18.4. The molecule has 3 aromatic rings. The number of carbonyl (C=O) groups excluding carboxylic acids is 1. The summed E-state index contributed by atoms with van der Waals surface area (Å²) in [6.07, 6.45) is 5.40. The number of rotatable bonds is 7. The highest BCUT2D eigenvalue weighted by Gasteiger charge is 2.23. The number of aromatic nitrogens is 6. The van der Waals surface area contributed by atoms with E-state index in [1.807, 2.05) is 12.1 Å². The number of H-pyrrole nitrogens is 1. The molecule has 0 saturated carbocycles. The third-order valence-electron chi connectivity index (χ3n) is 3.55. The van der Waals surface area contributed by atoms with E-state index in [1.54, 1.807) is 12.4 Å². The smallest absolute Gasteiger partial charge is 0.315 e. The van der Waals surface area contributed by atoms with Crippen LogP contribution in [0.15, 0.2) is 35.4 Å². The Balaban J connectivity index is 1.65. The first kappa shape index (κ1) is 17.5. The summed E-state index contributed by atoms with van der Waals surface area (Å²) < 4.78 is 5.31. The number of aromatic amines is 1. The molecule has 1 atom stereocenters. The molecule has 0 aromatic carbocycles. The van der Waals surface area contributed by atoms with Gasteiger partial charge in [-0.2, -0.15) is 10.1 Å². The average Bonchev–Trinajstić information content (AvgIpc) is 3.31. The van der Waals surface area contributed by atoms with Crippen molar-refractivity contribution in [2.75, 3.05) is 0 Å². The van der Waals surface area contributed by atoms with E-state index in [9.17, 15) is 4.79 Å². The number of nitrogens with zero attached hydrogens (tertiary/aromatic N) is 5. The molecule has 10 nitrogen and oxygen atoms in total. The van der Waals surface area contributed by atoms with Gasteiger partial charge < -0.3 is 15.2 Å². The Morgan fingerprint density at radius 2 is 2.27 bits per heavy atom. The largest absolute Gasteiger partial charge is 0.337 e. The summed E-state index contributed by atoms with van der Waals surface area (Å²) in [4.78, 5) is 24.6. The Kier molecular flexibility index (Phi) is 5.52. The summed E-state index contributed by atoms with van der Waals surface area (Å²) >= 11 is 0. The lowest BCUT2D eigenvalue weighted by Crippen LogP contribution is -2.38. The summed E-state index contributed by atoms with van der Waals surface area (Å²) in [5.74, 6) is 1.34. The molecule has 0 aliphatic heterocycles. The zero-order valence-electron chi connectivity index (χ0n) is 14.5. The molecule has 3 N–H and O–H groups in total. The third kappa shape index (κ3) is 4.62. The van der Waals surface area contributed by atoms with E-state index in [0.29, 0.717) is 36.4 Å². The minimum Gasteiger partial charge on any atom is -0.337 e. The molecule has 0 spiro atoms. The van der Waals surface area contributed by atoms with Gasteiger partial charge in [-0.05, 0) is 24.0 Å². The lowest BCUT2D eigenvalue weighted by atomic mass is 10.0. The number of urea groups is 1. The maximum absolute atomic E-state index is 12.3. The Hall–Kier alpha value is -3.30. The minimum absolute atomic E-state index is 0.295. The molecule has 3 heterocycles. The Bertz CT molecular complexity index is 816. The van der Waals surface area contributed by atoms with Gasteiger partial charge in [-0.1, -0.05) is 25.1 Å². The Labute approximate surface area is 149 Å². The van der Waals surface area contributed by atoms with Crippen LogP contribution in [0.3, 0.4) is 0 Å². The van der Waals surface area contributed by atoms with Crippen molar-refractivity contribution < 1.29 is 9.32 Å². The van der Waals surface area contributed by atoms with E-state index in [2.05, 4.69) is 54.8 Å². The van der Waals surface area contributed by atoms with Crippen molar-refractivity contribution in [2.24, 2.45) is 5.92 Å². The molecule has 136 valence electrons. The number of carbonyl (C=O) groups is 1. The number of nitrogens with one attached hydrogen (secondary N) is 3. The highest BCUT2D eigenvalue weighted by Crippen LogP contribution is 2.21. The van der Waals surface area contributed by atoms with E-state index in [1.165, 1.54) is 6.33 Å². The van der Waals surface area contributed by atoms with Crippen molar-refractivity contribution >= 4 is 6.03 Å².